The van der Waals surface area contributed by atoms with E-state index in [9.17, 15) is 4.79 Å². The Morgan fingerprint density at radius 3 is 2.48 bits per heavy atom. The van der Waals surface area contributed by atoms with Gasteiger partial charge in [-0.05, 0) is 51.0 Å². The summed E-state index contributed by atoms with van der Waals surface area (Å²) in [4.78, 5) is 21.3. The highest BCUT2D eigenvalue weighted by Crippen LogP contribution is 2.17. The summed E-state index contributed by atoms with van der Waals surface area (Å²) >= 11 is 0. The van der Waals surface area contributed by atoms with Crippen LogP contribution >= 0.6 is 24.0 Å². The van der Waals surface area contributed by atoms with Gasteiger partial charge in [-0.25, -0.2) is 4.99 Å². The predicted octanol–water partition coefficient (Wildman–Crippen LogP) is 2.23. The molecule has 164 valence electrons. The van der Waals surface area contributed by atoms with Crippen LogP contribution in [0.3, 0.4) is 0 Å². The molecule has 0 radical (unpaired) electrons. The van der Waals surface area contributed by atoms with Crippen molar-refractivity contribution in [1.82, 2.24) is 20.4 Å². The van der Waals surface area contributed by atoms with Gasteiger partial charge in [-0.2, -0.15) is 0 Å². The number of carbonyl (C=O) groups is 1. The van der Waals surface area contributed by atoms with E-state index in [0.717, 1.165) is 50.0 Å². The number of ether oxygens (including phenoxy) is 1. The van der Waals surface area contributed by atoms with Gasteiger partial charge < -0.3 is 20.3 Å². The Kier molecular flexibility index (Phi) is 11.3. The summed E-state index contributed by atoms with van der Waals surface area (Å²) in [5, 5.41) is 6.35. The fraction of sp³-hybridized carbons (Fsp3) is 0.619. The van der Waals surface area contributed by atoms with E-state index in [1.165, 1.54) is 5.56 Å². The average Bonchev–Trinajstić information content (AvgIpc) is 2.64. The number of methoxy groups -OCH3 is 1. The lowest BCUT2D eigenvalue weighted by Crippen LogP contribution is -2.54. The SMILES string of the molecule is CCNC(=NCc1cc(C)cc(OC)c1)N1CCN(CC(=O)NC(C)C)CC1.I. The van der Waals surface area contributed by atoms with Gasteiger partial charge in [-0.15, -0.1) is 24.0 Å². The third-order valence-corrected chi connectivity index (χ3v) is 4.58. The van der Waals surface area contributed by atoms with Crippen molar-refractivity contribution in [2.24, 2.45) is 4.99 Å². The van der Waals surface area contributed by atoms with Gasteiger partial charge in [-0.1, -0.05) is 6.07 Å². The molecule has 7 nitrogen and oxygen atoms in total. The molecule has 0 unspecified atom stereocenters. The molecule has 2 rings (SSSR count). The number of aryl methyl sites for hydroxylation is 1. The van der Waals surface area contributed by atoms with Crippen LogP contribution in [0.15, 0.2) is 23.2 Å². The average molecular weight is 517 g/mol. The van der Waals surface area contributed by atoms with Gasteiger partial charge in [0.1, 0.15) is 5.75 Å². The fourth-order valence-electron chi connectivity index (χ4n) is 3.31. The number of halogens is 1. The zero-order valence-electron chi connectivity index (χ0n) is 18.3. The third-order valence-electron chi connectivity index (χ3n) is 4.58. The first kappa shape index (κ1) is 25.5. The number of amides is 1. The zero-order valence-corrected chi connectivity index (χ0v) is 20.7. The Balaban J connectivity index is 0.00000420. The molecule has 0 saturated carbocycles. The first-order valence-electron chi connectivity index (χ1n) is 10.1. The van der Waals surface area contributed by atoms with E-state index < -0.39 is 0 Å². The summed E-state index contributed by atoms with van der Waals surface area (Å²) in [7, 11) is 1.69. The van der Waals surface area contributed by atoms with Crippen LogP contribution in [0.2, 0.25) is 0 Å². The molecule has 0 aromatic heterocycles. The number of hydrogen-bond donors (Lipinski definition) is 2. The Bertz CT molecular complexity index is 673. The summed E-state index contributed by atoms with van der Waals surface area (Å²) in [5.74, 6) is 1.88. The largest absolute Gasteiger partial charge is 0.497 e. The van der Waals surface area contributed by atoms with Gasteiger partial charge in [0.15, 0.2) is 5.96 Å². The van der Waals surface area contributed by atoms with E-state index >= 15 is 0 Å². The van der Waals surface area contributed by atoms with Crippen molar-refractivity contribution in [3.63, 3.8) is 0 Å². The maximum Gasteiger partial charge on any atom is 0.234 e. The van der Waals surface area contributed by atoms with Crippen molar-refractivity contribution < 1.29 is 9.53 Å². The molecule has 1 aromatic carbocycles. The number of benzene rings is 1. The molecule has 1 amide bonds. The minimum atomic E-state index is 0. The molecular formula is C21H36IN5O2. The first-order valence-corrected chi connectivity index (χ1v) is 10.1. The Morgan fingerprint density at radius 2 is 1.90 bits per heavy atom. The number of piperazine rings is 1. The Hall–Kier alpha value is -1.55. The second-order valence-electron chi connectivity index (χ2n) is 7.51. The molecule has 0 aliphatic carbocycles. The summed E-state index contributed by atoms with van der Waals surface area (Å²) in [6.07, 6.45) is 0. The molecule has 1 saturated heterocycles. The highest BCUT2D eigenvalue weighted by atomic mass is 127. The standard InChI is InChI=1S/C21H35N5O2.HI/c1-6-22-21(23-14-18-11-17(4)12-19(13-18)28-5)26-9-7-25(8-10-26)15-20(27)24-16(2)3;/h11-13,16H,6-10,14-15H2,1-5H3,(H,22,23)(H,24,27);1H. The topological polar surface area (TPSA) is 69.2 Å². The van der Waals surface area contributed by atoms with Crippen molar-refractivity contribution >= 4 is 35.8 Å². The second-order valence-corrected chi connectivity index (χ2v) is 7.51. The van der Waals surface area contributed by atoms with Crippen LogP contribution in [0.1, 0.15) is 31.9 Å². The van der Waals surface area contributed by atoms with Gasteiger partial charge in [0.25, 0.3) is 0 Å². The molecule has 1 aliphatic rings. The monoisotopic (exact) mass is 517 g/mol. The smallest absolute Gasteiger partial charge is 0.234 e. The molecule has 1 fully saturated rings. The van der Waals surface area contributed by atoms with Crippen molar-refractivity contribution in [3.05, 3.63) is 29.3 Å². The number of hydrogen-bond acceptors (Lipinski definition) is 4. The van der Waals surface area contributed by atoms with E-state index in [2.05, 4.69) is 40.3 Å². The second kappa shape index (κ2) is 12.9. The number of carbonyl (C=O) groups excluding carboxylic acids is 1. The number of nitrogens with one attached hydrogen (secondary N) is 2. The third kappa shape index (κ3) is 8.77. The van der Waals surface area contributed by atoms with Gasteiger partial charge in [-0.3, -0.25) is 9.69 Å². The molecular weight excluding hydrogens is 481 g/mol. The summed E-state index contributed by atoms with van der Waals surface area (Å²) in [5.41, 5.74) is 2.30. The predicted molar refractivity (Wildman–Crippen MR) is 129 cm³/mol. The van der Waals surface area contributed by atoms with Crippen LogP contribution < -0.4 is 15.4 Å². The van der Waals surface area contributed by atoms with Gasteiger partial charge in [0.2, 0.25) is 5.91 Å². The van der Waals surface area contributed by atoms with Crippen LogP contribution in [-0.2, 0) is 11.3 Å². The van der Waals surface area contributed by atoms with E-state index in [4.69, 9.17) is 9.73 Å². The van der Waals surface area contributed by atoms with Crippen molar-refractivity contribution in [2.75, 3.05) is 46.4 Å². The summed E-state index contributed by atoms with van der Waals surface area (Å²) < 4.78 is 5.36. The van der Waals surface area contributed by atoms with Crippen LogP contribution in [0.25, 0.3) is 0 Å². The molecule has 1 aliphatic heterocycles. The number of rotatable bonds is 7. The molecule has 1 aromatic rings. The molecule has 0 bridgehead atoms. The molecule has 2 N–H and O–H groups in total. The minimum Gasteiger partial charge on any atom is -0.497 e. The number of guanidine groups is 1. The molecule has 1 heterocycles. The van der Waals surface area contributed by atoms with Crippen LogP contribution in [0, 0.1) is 6.92 Å². The van der Waals surface area contributed by atoms with E-state index in [1.807, 2.05) is 26.0 Å². The lowest BCUT2D eigenvalue weighted by atomic mass is 10.1. The van der Waals surface area contributed by atoms with E-state index in [0.29, 0.717) is 13.1 Å². The number of aliphatic imine (C=N–C) groups is 1. The lowest BCUT2D eigenvalue weighted by Gasteiger charge is -2.36. The zero-order chi connectivity index (χ0) is 20.5. The van der Waals surface area contributed by atoms with Crippen LogP contribution in [0.4, 0.5) is 0 Å². The maximum atomic E-state index is 12.0. The minimum absolute atomic E-state index is 0. The van der Waals surface area contributed by atoms with Crippen LogP contribution in [-0.4, -0.2) is 74.1 Å². The van der Waals surface area contributed by atoms with Crippen molar-refractivity contribution in [3.8, 4) is 5.75 Å². The molecule has 0 atom stereocenters. The molecule has 29 heavy (non-hydrogen) atoms. The maximum absolute atomic E-state index is 12.0. The van der Waals surface area contributed by atoms with Crippen LogP contribution in [0.5, 0.6) is 5.75 Å². The van der Waals surface area contributed by atoms with Gasteiger partial charge in [0, 0.05) is 38.8 Å². The van der Waals surface area contributed by atoms with Gasteiger partial charge in [0.05, 0.1) is 20.2 Å². The summed E-state index contributed by atoms with van der Waals surface area (Å²) in [6, 6.07) is 6.38. The highest BCUT2D eigenvalue weighted by molar-refractivity contribution is 14.0. The molecule has 0 spiro atoms. The molecule has 8 heteroatoms. The normalized spacial score (nSPS) is 15.1. The Labute approximate surface area is 192 Å². The van der Waals surface area contributed by atoms with E-state index in [-0.39, 0.29) is 35.9 Å². The van der Waals surface area contributed by atoms with Gasteiger partial charge >= 0.3 is 0 Å². The van der Waals surface area contributed by atoms with E-state index in [1.54, 1.807) is 7.11 Å². The lowest BCUT2D eigenvalue weighted by molar-refractivity contribution is -0.123. The van der Waals surface area contributed by atoms with Crippen molar-refractivity contribution in [1.29, 1.82) is 0 Å². The quantitative estimate of drug-likeness (QED) is 0.330. The number of nitrogens with zero attached hydrogens (tertiary/aromatic N) is 3. The summed E-state index contributed by atoms with van der Waals surface area (Å²) in [6.45, 7) is 13.4. The van der Waals surface area contributed by atoms with Crippen molar-refractivity contribution in [2.45, 2.75) is 40.3 Å². The highest BCUT2D eigenvalue weighted by Gasteiger charge is 2.21. The Morgan fingerprint density at radius 1 is 1.21 bits per heavy atom. The fourth-order valence-corrected chi connectivity index (χ4v) is 3.31. The first-order chi connectivity index (χ1) is 13.4.